The maximum absolute atomic E-state index is 11.5. The average Bonchev–Trinajstić information content (AvgIpc) is 3.20. The maximum atomic E-state index is 11.5. The summed E-state index contributed by atoms with van der Waals surface area (Å²) in [6.07, 6.45) is 6.60. The zero-order chi connectivity index (χ0) is 14.4. The Kier molecular flexibility index (Phi) is 3.15. The van der Waals surface area contributed by atoms with Crippen molar-refractivity contribution in [1.29, 1.82) is 0 Å². The third-order valence-corrected chi connectivity index (χ3v) is 5.41. The summed E-state index contributed by atoms with van der Waals surface area (Å²) in [5.74, 6) is -0.0352. The molecule has 0 aliphatic heterocycles. The fraction of sp³-hybridized carbons (Fsp3) is 0.611. The van der Waals surface area contributed by atoms with Crippen molar-refractivity contribution in [3.8, 4) is 0 Å². The number of aliphatic carboxylic acids is 1. The van der Waals surface area contributed by atoms with Crippen molar-refractivity contribution in [3.63, 3.8) is 0 Å². The Labute approximate surface area is 121 Å². The molecule has 0 saturated heterocycles. The van der Waals surface area contributed by atoms with Crippen LogP contribution in [0, 0.1) is 5.41 Å². The molecule has 2 heteroatoms. The van der Waals surface area contributed by atoms with Gasteiger partial charge < -0.3 is 5.11 Å². The van der Waals surface area contributed by atoms with Crippen molar-refractivity contribution in [1.82, 2.24) is 0 Å². The van der Waals surface area contributed by atoms with E-state index in [1.165, 1.54) is 31.2 Å². The fourth-order valence-electron chi connectivity index (χ4n) is 3.57. The largest absolute Gasteiger partial charge is 0.481 e. The van der Waals surface area contributed by atoms with Crippen molar-refractivity contribution in [2.75, 3.05) is 0 Å². The van der Waals surface area contributed by atoms with Gasteiger partial charge >= 0.3 is 5.97 Å². The molecule has 0 heterocycles. The lowest BCUT2D eigenvalue weighted by atomic mass is 9.71. The van der Waals surface area contributed by atoms with Crippen LogP contribution < -0.4 is 0 Å². The second kappa shape index (κ2) is 4.61. The summed E-state index contributed by atoms with van der Waals surface area (Å²) >= 11 is 0. The molecule has 108 valence electrons. The van der Waals surface area contributed by atoms with Crippen LogP contribution in [0.2, 0.25) is 0 Å². The van der Waals surface area contributed by atoms with Gasteiger partial charge in [-0.05, 0) is 61.0 Å². The molecule has 20 heavy (non-hydrogen) atoms. The van der Waals surface area contributed by atoms with Gasteiger partial charge in [0.1, 0.15) is 0 Å². The first-order valence-electron chi connectivity index (χ1n) is 7.77. The number of carboxylic acid groups (broad SMARTS) is 1. The summed E-state index contributed by atoms with van der Waals surface area (Å²) in [5.41, 5.74) is 2.29. The summed E-state index contributed by atoms with van der Waals surface area (Å²) in [6, 6.07) is 8.40. The molecule has 2 fully saturated rings. The second-order valence-electron chi connectivity index (χ2n) is 7.45. The highest BCUT2D eigenvalue weighted by Gasteiger charge is 2.51. The molecule has 2 nitrogen and oxygen atoms in total. The number of rotatable bonds is 3. The van der Waals surface area contributed by atoms with Crippen LogP contribution in [0.1, 0.15) is 69.4 Å². The molecule has 0 radical (unpaired) electrons. The Bertz CT molecular complexity index is 516. The van der Waals surface area contributed by atoms with Gasteiger partial charge in [0.2, 0.25) is 0 Å². The predicted octanol–water partition coefficient (Wildman–Crippen LogP) is 4.49. The van der Waals surface area contributed by atoms with Crippen LogP contribution in [0.4, 0.5) is 0 Å². The SMILES string of the molecule is CC1(C)CCC(c2cccc(C3(C(=O)O)CC3)c2)CC1. The predicted molar refractivity (Wildman–Crippen MR) is 80.0 cm³/mol. The molecule has 0 aromatic heterocycles. The van der Waals surface area contributed by atoms with E-state index in [0.717, 1.165) is 18.4 Å². The summed E-state index contributed by atoms with van der Waals surface area (Å²) in [7, 11) is 0. The van der Waals surface area contributed by atoms with Gasteiger partial charge in [-0.1, -0.05) is 38.1 Å². The molecule has 0 atom stereocenters. The van der Waals surface area contributed by atoms with Gasteiger partial charge in [0.05, 0.1) is 5.41 Å². The number of carbonyl (C=O) groups is 1. The normalized spacial score (nSPS) is 24.3. The molecule has 2 aliphatic carbocycles. The van der Waals surface area contributed by atoms with Gasteiger partial charge in [0.25, 0.3) is 0 Å². The van der Waals surface area contributed by atoms with E-state index in [1.807, 2.05) is 12.1 Å². The molecule has 0 unspecified atom stereocenters. The molecule has 0 amide bonds. The highest BCUT2D eigenvalue weighted by molar-refractivity contribution is 5.84. The van der Waals surface area contributed by atoms with Crippen molar-refractivity contribution >= 4 is 5.97 Å². The Balaban J connectivity index is 1.81. The van der Waals surface area contributed by atoms with Crippen molar-refractivity contribution in [2.45, 2.75) is 63.7 Å². The summed E-state index contributed by atoms with van der Waals surface area (Å²) in [4.78, 5) is 11.5. The van der Waals surface area contributed by atoms with Gasteiger partial charge in [-0.3, -0.25) is 4.79 Å². The topological polar surface area (TPSA) is 37.3 Å². The number of benzene rings is 1. The third kappa shape index (κ3) is 2.36. The number of hydrogen-bond acceptors (Lipinski definition) is 1. The third-order valence-electron chi connectivity index (χ3n) is 5.41. The lowest BCUT2D eigenvalue weighted by molar-refractivity contribution is -0.140. The van der Waals surface area contributed by atoms with E-state index in [4.69, 9.17) is 0 Å². The Morgan fingerprint density at radius 2 is 1.80 bits per heavy atom. The molecule has 2 saturated carbocycles. The van der Waals surface area contributed by atoms with E-state index in [-0.39, 0.29) is 0 Å². The first-order valence-corrected chi connectivity index (χ1v) is 7.77. The molecular formula is C18H24O2. The number of hydrogen-bond donors (Lipinski definition) is 1. The summed E-state index contributed by atoms with van der Waals surface area (Å²) in [6.45, 7) is 4.70. The van der Waals surface area contributed by atoms with Crippen molar-refractivity contribution in [3.05, 3.63) is 35.4 Å². The van der Waals surface area contributed by atoms with Gasteiger partial charge in [0.15, 0.2) is 0 Å². The van der Waals surface area contributed by atoms with Crippen molar-refractivity contribution in [2.24, 2.45) is 5.41 Å². The molecule has 2 aliphatic rings. The fourth-order valence-corrected chi connectivity index (χ4v) is 3.57. The minimum atomic E-state index is -0.653. The highest BCUT2D eigenvalue weighted by Crippen LogP contribution is 2.49. The van der Waals surface area contributed by atoms with Crippen molar-refractivity contribution < 1.29 is 9.90 Å². The van der Waals surface area contributed by atoms with E-state index in [1.54, 1.807) is 0 Å². The van der Waals surface area contributed by atoms with Crippen LogP contribution >= 0.6 is 0 Å². The summed E-state index contributed by atoms with van der Waals surface area (Å²) in [5, 5.41) is 9.43. The lowest BCUT2D eigenvalue weighted by Crippen LogP contribution is -2.22. The minimum Gasteiger partial charge on any atom is -0.481 e. The van der Waals surface area contributed by atoms with E-state index in [2.05, 4.69) is 26.0 Å². The lowest BCUT2D eigenvalue weighted by Gasteiger charge is -2.34. The van der Waals surface area contributed by atoms with E-state index in [9.17, 15) is 9.90 Å². The van der Waals surface area contributed by atoms with E-state index in [0.29, 0.717) is 11.3 Å². The zero-order valence-electron chi connectivity index (χ0n) is 12.5. The van der Waals surface area contributed by atoms with Crippen LogP contribution in [-0.2, 0) is 10.2 Å². The maximum Gasteiger partial charge on any atom is 0.314 e. The molecule has 1 aromatic carbocycles. The van der Waals surface area contributed by atoms with Crippen LogP contribution in [0.3, 0.4) is 0 Å². The smallest absolute Gasteiger partial charge is 0.314 e. The molecule has 3 rings (SSSR count). The van der Waals surface area contributed by atoms with Gasteiger partial charge in [-0.15, -0.1) is 0 Å². The van der Waals surface area contributed by atoms with Crippen LogP contribution in [-0.4, -0.2) is 11.1 Å². The van der Waals surface area contributed by atoms with Gasteiger partial charge in [0, 0.05) is 0 Å². The molecule has 0 bridgehead atoms. The first kappa shape index (κ1) is 13.7. The average molecular weight is 272 g/mol. The quantitative estimate of drug-likeness (QED) is 0.880. The second-order valence-corrected chi connectivity index (χ2v) is 7.45. The zero-order valence-corrected chi connectivity index (χ0v) is 12.5. The van der Waals surface area contributed by atoms with Gasteiger partial charge in [-0.2, -0.15) is 0 Å². The van der Waals surface area contributed by atoms with Crippen LogP contribution in [0.5, 0.6) is 0 Å². The van der Waals surface area contributed by atoms with Gasteiger partial charge in [-0.25, -0.2) is 0 Å². The van der Waals surface area contributed by atoms with E-state index < -0.39 is 11.4 Å². The molecule has 1 aromatic rings. The van der Waals surface area contributed by atoms with E-state index >= 15 is 0 Å². The monoisotopic (exact) mass is 272 g/mol. The molecule has 0 spiro atoms. The standard InChI is InChI=1S/C18H24O2/c1-17(2)8-6-13(7-9-17)14-4-3-5-15(12-14)18(10-11-18)16(19)20/h3-5,12-13H,6-11H2,1-2H3,(H,19,20). The Morgan fingerprint density at radius 1 is 1.15 bits per heavy atom. The molecular weight excluding hydrogens is 248 g/mol. The number of carboxylic acids is 1. The van der Waals surface area contributed by atoms with Crippen LogP contribution in [0.25, 0.3) is 0 Å². The summed E-state index contributed by atoms with van der Waals surface area (Å²) < 4.78 is 0. The Morgan fingerprint density at radius 3 is 2.35 bits per heavy atom. The molecule has 1 N–H and O–H groups in total. The minimum absolute atomic E-state index is 0.479. The highest BCUT2D eigenvalue weighted by atomic mass is 16.4. The Hall–Kier alpha value is -1.31. The van der Waals surface area contributed by atoms with Crippen LogP contribution in [0.15, 0.2) is 24.3 Å². The first-order chi connectivity index (χ1) is 9.43.